The molecule has 0 unspecified atom stereocenters. The summed E-state index contributed by atoms with van der Waals surface area (Å²) in [6.45, 7) is 2.11. The van der Waals surface area contributed by atoms with Crippen LogP contribution in [0.2, 0.25) is 0 Å². The predicted molar refractivity (Wildman–Crippen MR) is 69.2 cm³/mol. The lowest BCUT2D eigenvalue weighted by Crippen LogP contribution is -2.14. The molecule has 0 aliphatic heterocycles. The lowest BCUT2D eigenvalue weighted by Gasteiger charge is -1.99. The van der Waals surface area contributed by atoms with Crippen LogP contribution in [0.3, 0.4) is 0 Å². The quantitative estimate of drug-likeness (QED) is 0.855. The third-order valence-corrected chi connectivity index (χ3v) is 3.09. The minimum absolute atomic E-state index is 0.0297. The van der Waals surface area contributed by atoms with Crippen molar-refractivity contribution in [3.63, 3.8) is 0 Å². The standard InChI is InChI=1S/C12H15N3OS/c1-2-3-10-7-11(15-14-10)13-12(16)6-9-4-5-17-8-9/h4-5,7-8H,2-3,6H2,1H3,(H2,13,14,15,16). The Bertz CT molecular complexity index is 476. The molecule has 2 heterocycles. The minimum Gasteiger partial charge on any atom is -0.309 e. The molecule has 0 aliphatic carbocycles. The zero-order valence-electron chi connectivity index (χ0n) is 9.69. The fourth-order valence-corrected chi connectivity index (χ4v) is 2.26. The summed E-state index contributed by atoms with van der Waals surface area (Å²) < 4.78 is 0. The van der Waals surface area contributed by atoms with E-state index in [1.54, 1.807) is 11.3 Å². The number of carbonyl (C=O) groups is 1. The number of anilines is 1. The number of aromatic amines is 1. The molecule has 2 rings (SSSR count). The van der Waals surface area contributed by atoms with Gasteiger partial charge in [-0.05, 0) is 28.8 Å². The van der Waals surface area contributed by atoms with Crippen LogP contribution in [-0.4, -0.2) is 16.1 Å². The van der Waals surface area contributed by atoms with Crippen LogP contribution in [0.1, 0.15) is 24.6 Å². The molecule has 90 valence electrons. The first-order chi connectivity index (χ1) is 8.28. The Morgan fingerprint density at radius 1 is 1.59 bits per heavy atom. The van der Waals surface area contributed by atoms with Crippen LogP contribution in [0.5, 0.6) is 0 Å². The number of hydrogen-bond acceptors (Lipinski definition) is 3. The van der Waals surface area contributed by atoms with Gasteiger partial charge in [0.1, 0.15) is 0 Å². The van der Waals surface area contributed by atoms with Gasteiger partial charge in [0, 0.05) is 11.8 Å². The molecule has 1 amide bonds. The number of nitrogens with zero attached hydrogens (tertiary/aromatic N) is 1. The highest BCUT2D eigenvalue weighted by molar-refractivity contribution is 7.08. The molecular weight excluding hydrogens is 234 g/mol. The SMILES string of the molecule is CCCc1cc(NC(=O)Cc2ccsc2)n[nH]1. The first-order valence-electron chi connectivity index (χ1n) is 5.63. The summed E-state index contributed by atoms with van der Waals surface area (Å²) in [4.78, 5) is 11.7. The highest BCUT2D eigenvalue weighted by Gasteiger charge is 2.06. The second-order valence-electron chi connectivity index (χ2n) is 3.88. The van der Waals surface area contributed by atoms with E-state index < -0.39 is 0 Å². The maximum Gasteiger partial charge on any atom is 0.230 e. The second kappa shape index (κ2) is 5.63. The zero-order chi connectivity index (χ0) is 12.1. The Hall–Kier alpha value is -1.62. The predicted octanol–water partition coefficient (Wildman–Crippen LogP) is 2.60. The molecule has 2 aromatic heterocycles. The van der Waals surface area contributed by atoms with Crippen molar-refractivity contribution in [2.45, 2.75) is 26.2 Å². The molecule has 0 saturated heterocycles. The van der Waals surface area contributed by atoms with E-state index in [2.05, 4.69) is 22.4 Å². The van der Waals surface area contributed by atoms with Crippen molar-refractivity contribution in [1.29, 1.82) is 0 Å². The van der Waals surface area contributed by atoms with Crippen molar-refractivity contribution in [2.75, 3.05) is 5.32 Å². The average Bonchev–Trinajstić information content (AvgIpc) is 2.91. The highest BCUT2D eigenvalue weighted by Crippen LogP contribution is 2.10. The Labute approximate surface area is 104 Å². The van der Waals surface area contributed by atoms with Crippen LogP contribution in [0.25, 0.3) is 0 Å². The number of carbonyl (C=O) groups excluding carboxylic acids is 1. The summed E-state index contributed by atoms with van der Waals surface area (Å²) in [6.07, 6.45) is 2.41. The molecule has 0 aromatic carbocycles. The fourth-order valence-electron chi connectivity index (χ4n) is 1.59. The topological polar surface area (TPSA) is 57.8 Å². The van der Waals surface area contributed by atoms with Crippen molar-refractivity contribution in [3.05, 3.63) is 34.2 Å². The summed E-state index contributed by atoms with van der Waals surface area (Å²) in [6, 6.07) is 3.84. The Morgan fingerprint density at radius 3 is 3.18 bits per heavy atom. The minimum atomic E-state index is -0.0297. The summed E-state index contributed by atoms with van der Waals surface area (Å²) >= 11 is 1.60. The highest BCUT2D eigenvalue weighted by atomic mass is 32.1. The van der Waals surface area contributed by atoms with Crippen molar-refractivity contribution < 1.29 is 4.79 Å². The molecule has 4 nitrogen and oxygen atoms in total. The summed E-state index contributed by atoms with van der Waals surface area (Å²) in [7, 11) is 0. The molecule has 0 bridgehead atoms. The Morgan fingerprint density at radius 2 is 2.47 bits per heavy atom. The van der Waals surface area contributed by atoms with Crippen LogP contribution in [0.4, 0.5) is 5.82 Å². The fraction of sp³-hybridized carbons (Fsp3) is 0.333. The first-order valence-corrected chi connectivity index (χ1v) is 6.57. The van der Waals surface area contributed by atoms with Crippen LogP contribution in [0, 0.1) is 0 Å². The van der Waals surface area contributed by atoms with Crippen molar-refractivity contribution in [3.8, 4) is 0 Å². The van der Waals surface area contributed by atoms with Crippen molar-refractivity contribution in [1.82, 2.24) is 10.2 Å². The summed E-state index contributed by atoms with van der Waals surface area (Å²) in [5, 5.41) is 13.7. The van der Waals surface area contributed by atoms with Gasteiger partial charge in [0.05, 0.1) is 6.42 Å². The van der Waals surface area contributed by atoms with Crippen LogP contribution in [0.15, 0.2) is 22.9 Å². The lowest BCUT2D eigenvalue weighted by molar-refractivity contribution is -0.115. The number of thiophene rings is 1. The molecule has 2 N–H and O–H groups in total. The molecule has 5 heteroatoms. The van der Waals surface area contributed by atoms with Gasteiger partial charge in [0.25, 0.3) is 0 Å². The van der Waals surface area contributed by atoms with Gasteiger partial charge in [-0.3, -0.25) is 9.89 Å². The van der Waals surface area contributed by atoms with Crippen molar-refractivity contribution >= 4 is 23.1 Å². The smallest absolute Gasteiger partial charge is 0.230 e. The molecule has 0 atom stereocenters. The van der Waals surface area contributed by atoms with E-state index in [1.165, 1.54) is 0 Å². The zero-order valence-corrected chi connectivity index (χ0v) is 10.5. The van der Waals surface area contributed by atoms with E-state index in [9.17, 15) is 4.79 Å². The van der Waals surface area contributed by atoms with E-state index in [-0.39, 0.29) is 5.91 Å². The lowest BCUT2D eigenvalue weighted by atomic mass is 10.2. The van der Waals surface area contributed by atoms with Gasteiger partial charge in [-0.15, -0.1) is 0 Å². The van der Waals surface area contributed by atoms with Crippen LogP contribution in [-0.2, 0) is 17.6 Å². The number of hydrogen-bond donors (Lipinski definition) is 2. The van der Waals surface area contributed by atoms with Gasteiger partial charge in [-0.1, -0.05) is 13.3 Å². The second-order valence-corrected chi connectivity index (χ2v) is 4.67. The monoisotopic (exact) mass is 249 g/mol. The molecule has 17 heavy (non-hydrogen) atoms. The number of amides is 1. The third kappa shape index (κ3) is 3.42. The van der Waals surface area contributed by atoms with E-state index in [1.807, 2.05) is 22.9 Å². The van der Waals surface area contributed by atoms with E-state index >= 15 is 0 Å². The number of rotatable bonds is 5. The van der Waals surface area contributed by atoms with Gasteiger partial charge in [0.15, 0.2) is 5.82 Å². The molecule has 0 fully saturated rings. The van der Waals surface area contributed by atoms with E-state index in [4.69, 9.17) is 0 Å². The largest absolute Gasteiger partial charge is 0.309 e. The van der Waals surface area contributed by atoms with E-state index in [0.717, 1.165) is 24.1 Å². The molecule has 0 spiro atoms. The van der Waals surface area contributed by atoms with Gasteiger partial charge in [-0.2, -0.15) is 16.4 Å². The number of H-pyrrole nitrogens is 1. The maximum absolute atomic E-state index is 11.7. The summed E-state index contributed by atoms with van der Waals surface area (Å²) in [5.41, 5.74) is 2.09. The average molecular weight is 249 g/mol. The van der Waals surface area contributed by atoms with E-state index in [0.29, 0.717) is 12.2 Å². The maximum atomic E-state index is 11.7. The van der Waals surface area contributed by atoms with Crippen LogP contribution < -0.4 is 5.32 Å². The van der Waals surface area contributed by atoms with Crippen LogP contribution >= 0.6 is 11.3 Å². The molecule has 0 aliphatic rings. The molecule has 0 radical (unpaired) electrons. The number of aryl methyl sites for hydroxylation is 1. The molecule has 2 aromatic rings. The first kappa shape index (κ1) is 11.9. The third-order valence-electron chi connectivity index (χ3n) is 2.36. The van der Waals surface area contributed by atoms with Gasteiger partial charge in [-0.25, -0.2) is 0 Å². The van der Waals surface area contributed by atoms with Crippen molar-refractivity contribution in [2.24, 2.45) is 0 Å². The Balaban J connectivity index is 1.89. The van der Waals surface area contributed by atoms with Gasteiger partial charge < -0.3 is 5.32 Å². The number of aromatic nitrogens is 2. The van der Waals surface area contributed by atoms with Gasteiger partial charge in [0.2, 0.25) is 5.91 Å². The summed E-state index contributed by atoms with van der Waals surface area (Å²) in [5.74, 6) is 0.576. The molecular formula is C12H15N3OS. The normalized spacial score (nSPS) is 10.4. The number of nitrogens with one attached hydrogen (secondary N) is 2. The molecule has 0 saturated carbocycles. The Kier molecular flexibility index (Phi) is 3.93. The van der Waals surface area contributed by atoms with Gasteiger partial charge >= 0.3 is 0 Å².